The molecule has 0 saturated carbocycles. The molecule has 1 aromatic heterocycles. The zero-order valence-corrected chi connectivity index (χ0v) is 21.3. The van der Waals surface area contributed by atoms with Crippen molar-refractivity contribution < 1.29 is 14.4 Å². The molecule has 2 aromatic carbocycles. The van der Waals surface area contributed by atoms with Gasteiger partial charge in [0.2, 0.25) is 0 Å². The molecule has 6 nitrogen and oxygen atoms in total. The van der Waals surface area contributed by atoms with Gasteiger partial charge in [0, 0.05) is 25.1 Å². The fourth-order valence-corrected chi connectivity index (χ4v) is 4.34. The van der Waals surface area contributed by atoms with E-state index in [-0.39, 0.29) is 5.57 Å². The number of halogens is 2. The second-order valence-electron chi connectivity index (χ2n) is 7.53. The SMILES string of the molecule is Cc1cc(-n2c(C)cc(/C=C3/C(=O)NC(=O)N(c4ccc(Br)cc4)C3=O)c2C)ccc1I. The lowest BCUT2D eigenvalue weighted by molar-refractivity contribution is -0.122. The number of anilines is 1. The average molecular weight is 604 g/mol. The van der Waals surface area contributed by atoms with Gasteiger partial charge in [-0.05, 0) is 109 Å². The number of amides is 4. The number of imide groups is 2. The first-order chi connectivity index (χ1) is 15.2. The Morgan fingerprint density at radius 1 is 0.938 bits per heavy atom. The average Bonchev–Trinajstić information content (AvgIpc) is 3.01. The van der Waals surface area contributed by atoms with E-state index in [4.69, 9.17) is 0 Å². The minimum atomic E-state index is -0.765. The maximum Gasteiger partial charge on any atom is 0.335 e. The molecule has 0 atom stereocenters. The highest BCUT2D eigenvalue weighted by Crippen LogP contribution is 2.27. The summed E-state index contributed by atoms with van der Waals surface area (Å²) in [6.45, 7) is 5.97. The van der Waals surface area contributed by atoms with Crippen molar-refractivity contribution in [2.24, 2.45) is 0 Å². The molecule has 0 unspecified atom stereocenters. The Balaban J connectivity index is 1.76. The van der Waals surface area contributed by atoms with Gasteiger partial charge in [-0.15, -0.1) is 0 Å². The van der Waals surface area contributed by atoms with Crippen LogP contribution in [0.25, 0.3) is 11.8 Å². The lowest BCUT2D eigenvalue weighted by atomic mass is 10.1. The number of carbonyl (C=O) groups is 3. The van der Waals surface area contributed by atoms with E-state index in [1.165, 1.54) is 9.13 Å². The smallest absolute Gasteiger partial charge is 0.318 e. The molecule has 1 saturated heterocycles. The van der Waals surface area contributed by atoms with Gasteiger partial charge in [0.1, 0.15) is 5.57 Å². The molecule has 0 aliphatic carbocycles. The van der Waals surface area contributed by atoms with Gasteiger partial charge in [0.25, 0.3) is 11.8 Å². The summed E-state index contributed by atoms with van der Waals surface area (Å²) in [7, 11) is 0. The number of benzene rings is 2. The van der Waals surface area contributed by atoms with Crippen molar-refractivity contribution in [1.29, 1.82) is 0 Å². The third-order valence-corrected chi connectivity index (χ3v) is 7.10. The van der Waals surface area contributed by atoms with Gasteiger partial charge in [-0.1, -0.05) is 15.9 Å². The molecule has 0 spiro atoms. The molecule has 32 heavy (non-hydrogen) atoms. The van der Waals surface area contributed by atoms with Crippen molar-refractivity contribution in [1.82, 2.24) is 9.88 Å². The number of nitrogens with zero attached hydrogens (tertiary/aromatic N) is 2. The first-order valence-electron chi connectivity index (χ1n) is 9.80. The Labute approximate surface area is 207 Å². The Bertz CT molecular complexity index is 1310. The van der Waals surface area contributed by atoms with Gasteiger partial charge in [-0.3, -0.25) is 14.9 Å². The normalized spacial score (nSPS) is 15.5. The summed E-state index contributed by atoms with van der Waals surface area (Å²) in [5.41, 5.74) is 5.07. The number of aromatic nitrogens is 1. The molecule has 1 fully saturated rings. The molecule has 0 radical (unpaired) electrons. The van der Waals surface area contributed by atoms with E-state index >= 15 is 0 Å². The lowest BCUT2D eigenvalue weighted by Crippen LogP contribution is -2.54. The van der Waals surface area contributed by atoms with E-state index in [0.717, 1.165) is 32.0 Å². The Hall–Kier alpha value is -2.72. The Morgan fingerprint density at radius 2 is 1.59 bits per heavy atom. The van der Waals surface area contributed by atoms with Crippen LogP contribution in [0.2, 0.25) is 0 Å². The van der Waals surface area contributed by atoms with Crippen molar-refractivity contribution in [3.05, 3.63) is 84.7 Å². The second-order valence-corrected chi connectivity index (χ2v) is 9.61. The van der Waals surface area contributed by atoms with Gasteiger partial charge in [0.15, 0.2) is 0 Å². The Morgan fingerprint density at radius 3 is 2.25 bits per heavy atom. The summed E-state index contributed by atoms with van der Waals surface area (Å²) in [6.07, 6.45) is 1.55. The summed E-state index contributed by atoms with van der Waals surface area (Å²) < 4.78 is 4.08. The van der Waals surface area contributed by atoms with Crippen LogP contribution < -0.4 is 10.2 Å². The number of barbiturate groups is 1. The zero-order valence-electron chi connectivity index (χ0n) is 17.6. The fraction of sp³-hybridized carbons (Fsp3) is 0.125. The maximum atomic E-state index is 13.1. The van der Waals surface area contributed by atoms with Crippen LogP contribution in [0.15, 0.2) is 58.6 Å². The molecule has 8 heteroatoms. The van der Waals surface area contributed by atoms with Crippen molar-refractivity contribution in [3.8, 4) is 5.69 Å². The third kappa shape index (κ3) is 4.04. The number of nitrogens with one attached hydrogen (secondary N) is 1. The molecule has 2 heterocycles. The number of hydrogen-bond donors (Lipinski definition) is 1. The molecule has 1 N–H and O–H groups in total. The minimum absolute atomic E-state index is 0.0911. The highest BCUT2D eigenvalue weighted by atomic mass is 127. The van der Waals surface area contributed by atoms with Crippen molar-refractivity contribution in [3.63, 3.8) is 0 Å². The van der Waals surface area contributed by atoms with Gasteiger partial charge in [0.05, 0.1) is 5.69 Å². The van der Waals surface area contributed by atoms with Crippen LogP contribution in [0.1, 0.15) is 22.5 Å². The largest absolute Gasteiger partial charge is 0.335 e. The lowest BCUT2D eigenvalue weighted by Gasteiger charge is -2.26. The third-order valence-electron chi connectivity index (χ3n) is 5.36. The highest BCUT2D eigenvalue weighted by Gasteiger charge is 2.37. The zero-order chi connectivity index (χ0) is 23.2. The molecular formula is C24H19BrIN3O3. The van der Waals surface area contributed by atoms with E-state index in [9.17, 15) is 14.4 Å². The van der Waals surface area contributed by atoms with E-state index in [1.807, 2.05) is 26.0 Å². The predicted octanol–water partition coefficient (Wildman–Crippen LogP) is 5.44. The van der Waals surface area contributed by atoms with E-state index in [1.54, 1.807) is 30.3 Å². The predicted molar refractivity (Wildman–Crippen MR) is 136 cm³/mol. The molecule has 1 aliphatic heterocycles. The van der Waals surface area contributed by atoms with Crippen LogP contribution >= 0.6 is 38.5 Å². The van der Waals surface area contributed by atoms with Crippen LogP contribution in [0.4, 0.5) is 10.5 Å². The number of urea groups is 1. The van der Waals surface area contributed by atoms with E-state index in [2.05, 4.69) is 67.5 Å². The number of aryl methyl sites for hydroxylation is 2. The van der Waals surface area contributed by atoms with Crippen molar-refractivity contribution in [2.45, 2.75) is 20.8 Å². The summed E-state index contributed by atoms with van der Waals surface area (Å²) in [4.78, 5) is 39.1. The second kappa shape index (κ2) is 8.67. The summed E-state index contributed by atoms with van der Waals surface area (Å²) >= 11 is 5.64. The van der Waals surface area contributed by atoms with Crippen LogP contribution in [0.5, 0.6) is 0 Å². The standard InChI is InChI=1S/C24H19BrIN3O3/c1-13-10-19(8-9-21(13)26)28-14(2)11-16(15(28)3)12-20-22(30)27-24(32)29(23(20)31)18-6-4-17(25)5-7-18/h4-12H,1-3H3,(H,27,30,32)/b20-12-. The molecule has 3 aromatic rings. The van der Waals surface area contributed by atoms with Crippen molar-refractivity contribution in [2.75, 3.05) is 4.90 Å². The summed E-state index contributed by atoms with van der Waals surface area (Å²) in [6, 6.07) is 14.1. The highest BCUT2D eigenvalue weighted by molar-refractivity contribution is 14.1. The minimum Gasteiger partial charge on any atom is -0.318 e. The first kappa shape index (κ1) is 22.5. The van der Waals surface area contributed by atoms with Crippen LogP contribution in [0, 0.1) is 24.3 Å². The number of hydrogen-bond acceptors (Lipinski definition) is 3. The molecule has 0 bridgehead atoms. The molecule has 4 amide bonds. The summed E-state index contributed by atoms with van der Waals surface area (Å²) in [5, 5.41) is 2.27. The van der Waals surface area contributed by atoms with E-state index in [0.29, 0.717) is 5.69 Å². The maximum absolute atomic E-state index is 13.1. The topological polar surface area (TPSA) is 71.4 Å². The molecule has 162 valence electrons. The van der Waals surface area contributed by atoms with Crippen LogP contribution in [-0.2, 0) is 9.59 Å². The number of carbonyl (C=O) groups excluding carboxylic acids is 3. The van der Waals surface area contributed by atoms with Gasteiger partial charge >= 0.3 is 6.03 Å². The quantitative estimate of drug-likeness (QED) is 0.246. The first-order valence-corrected chi connectivity index (χ1v) is 11.7. The summed E-state index contributed by atoms with van der Waals surface area (Å²) in [5.74, 6) is -1.36. The molecule has 4 rings (SSSR count). The van der Waals surface area contributed by atoms with Crippen LogP contribution in [0.3, 0.4) is 0 Å². The number of rotatable bonds is 3. The van der Waals surface area contributed by atoms with Crippen molar-refractivity contribution >= 4 is 68.1 Å². The van der Waals surface area contributed by atoms with Crippen LogP contribution in [-0.4, -0.2) is 22.4 Å². The van der Waals surface area contributed by atoms with Gasteiger partial charge < -0.3 is 4.57 Å². The fourth-order valence-electron chi connectivity index (χ4n) is 3.74. The monoisotopic (exact) mass is 603 g/mol. The molecular weight excluding hydrogens is 585 g/mol. The van der Waals surface area contributed by atoms with Gasteiger partial charge in [-0.25, -0.2) is 9.69 Å². The van der Waals surface area contributed by atoms with Gasteiger partial charge in [-0.2, -0.15) is 0 Å². The molecule has 1 aliphatic rings. The Kier molecular flexibility index (Phi) is 6.09. The van der Waals surface area contributed by atoms with E-state index < -0.39 is 17.8 Å².